The molecule has 0 atom stereocenters. The molecule has 17 heteroatoms. The molecule has 0 bridgehead atoms. The highest BCUT2D eigenvalue weighted by atomic mass is 127. The van der Waals surface area contributed by atoms with Gasteiger partial charge in [0, 0.05) is 21.4 Å². The SMILES string of the molecule is O=[N+]([O-])c1cccc(Nc2nc(N/N=C/c3cccc(I)c3)nc(OC(C(F)(F)F)C(F)(F)F)n2)c1. The minimum Gasteiger partial charge on any atom is -0.440 e. The number of nitrogens with one attached hydrogen (secondary N) is 2. The Morgan fingerprint density at radius 3 is 2.31 bits per heavy atom. The fourth-order valence-electron chi connectivity index (χ4n) is 2.52. The van der Waals surface area contributed by atoms with Crippen molar-refractivity contribution in [3.05, 3.63) is 67.8 Å². The number of hydrogen-bond donors (Lipinski definition) is 2. The van der Waals surface area contributed by atoms with Gasteiger partial charge in [0.25, 0.3) is 17.7 Å². The molecule has 0 saturated heterocycles. The van der Waals surface area contributed by atoms with Gasteiger partial charge in [-0.3, -0.25) is 10.1 Å². The molecule has 0 aliphatic heterocycles. The first kappa shape index (κ1) is 26.8. The summed E-state index contributed by atoms with van der Waals surface area (Å²) in [6.07, 6.45) is -14.6. The molecule has 10 nitrogen and oxygen atoms in total. The van der Waals surface area contributed by atoms with Crippen LogP contribution in [0.4, 0.5) is 49.6 Å². The second-order valence-corrected chi connectivity index (χ2v) is 7.95. The average molecular weight is 627 g/mol. The molecule has 2 N–H and O–H groups in total. The summed E-state index contributed by atoms with van der Waals surface area (Å²) in [6.45, 7) is 0. The molecule has 0 aliphatic carbocycles. The van der Waals surface area contributed by atoms with Crippen molar-refractivity contribution in [2.45, 2.75) is 18.5 Å². The van der Waals surface area contributed by atoms with Crippen molar-refractivity contribution in [1.82, 2.24) is 15.0 Å². The Kier molecular flexibility index (Phi) is 8.10. The van der Waals surface area contributed by atoms with Gasteiger partial charge in [-0.25, -0.2) is 5.43 Å². The molecular weight excluding hydrogens is 615 g/mol. The van der Waals surface area contributed by atoms with Crippen molar-refractivity contribution in [3.8, 4) is 6.01 Å². The topological polar surface area (TPSA) is 127 Å². The van der Waals surface area contributed by atoms with Crippen LogP contribution in [0.1, 0.15) is 5.56 Å². The van der Waals surface area contributed by atoms with Gasteiger partial charge < -0.3 is 10.1 Å². The number of alkyl halides is 6. The van der Waals surface area contributed by atoms with Crippen LogP contribution in [-0.4, -0.2) is 44.5 Å². The number of nitro benzene ring substituents is 1. The van der Waals surface area contributed by atoms with Crippen LogP contribution >= 0.6 is 22.6 Å². The summed E-state index contributed by atoms with van der Waals surface area (Å²) in [5, 5.41) is 17.2. The maximum absolute atomic E-state index is 13.0. The fourth-order valence-corrected chi connectivity index (χ4v) is 3.08. The summed E-state index contributed by atoms with van der Waals surface area (Å²) in [5.74, 6) is -1.14. The number of nitro groups is 1. The highest BCUT2D eigenvalue weighted by Gasteiger charge is 2.59. The van der Waals surface area contributed by atoms with Crippen molar-refractivity contribution < 1.29 is 36.0 Å². The van der Waals surface area contributed by atoms with Gasteiger partial charge in [-0.2, -0.15) is 46.4 Å². The zero-order chi connectivity index (χ0) is 26.5. The average Bonchev–Trinajstić information content (AvgIpc) is 2.76. The smallest absolute Gasteiger partial charge is 0.434 e. The van der Waals surface area contributed by atoms with E-state index < -0.39 is 41.3 Å². The van der Waals surface area contributed by atoms with Crippen molar-refractivity contribution in [1.29, 1.82) is 0 Å². The second kappa shape index (κ2) is 10.9. The Morgan fingerprint density at radius 1 is 1.00 bits per heavy atom. The Morgan fingerprint density at radius 2 is 1.67 bits per heavy atom. The Hall–Kier alpha value is -3.77. The first-order valence-electron chi connectivity index (χ1n) is 9.43. The Bertz CT molecular complexity index is 1260. The number of hydrazone groups is 1. The lowest BCUT2D eigenvalue weighted by molar-refractivity contribution is -0.384. The molecule has 3 aromatic rings. The van der Waals surface area contributed by atoms with E-state index >= 15 is 0 Å². The molecular formula is C19H12F6IN7O3. The first-order chi connectivity index (χ1) is 16.8. The lowest BCUT2D eigenvalue weighted by Gasteiger charge is -2.22. The zero-order valence-corrected chi connectivity index (χ0v) is 19.5. The highest BCUT2D eigenvalue weighted by molar-refractivity contribution is 14.1. The molecule has 1 heterocycles. The maximum Gasteiger partial charge on any atom is 0.434 e. The lowest BCUT2D eigenvalue weighted by atomic mass is 10.2. The molecule has 0 radical (unpaired) electrons. The van der Waals surface area contributed by atoms with Crippen LogP contribution in [0.3, 0.4) is 0 Å². The molecule has 0 unspecified atom stereocenters. The summed E-state index contributed by atoms with van der Waals surface area (Å²) in [6, 6.07) is 10.4. The van der Waals surface area contributed by atoms with E-state index in [0.717, 1.165) is 15.7 Å². The van der Waals surface area contributed by atoms with Crippen LogP contribution < -0.4 is 15.5 Å². The summed E-state index contributed by atoms with van der Waals surface area (Å²) in [4.78, 5) is 20.9. The summed E-state index contributed by atoms with van der Waals surface area (Å²) >= 11 is 2.05. The molecule has 2 aromatic carbocycles. The number of hydrogen-bond acceptors (Lipinski definition) is 9. The van der Waals surface area contributed by atoms with Gasteiger partial charge in [0.2, 0.25) is 5.95 Å². The summed E-state index contributed by atoms with van der Waals surface area (Å²) in [5.41, 5.74) is 2.55. The van der Waals surface area contributed by atoms with Crippen LogP contribution in [0, 0.1) is 13.7 Å². The normalized spacial score (nSPS) is 12.1. The molecule has 0 saturated carbocycles. The molecule has 0 spiro atoms. The third-order valence-corrected chi connectivity index (χ3v) is 4.64. The second-order valence-electron chi connectivity index (χ2n) is 6.70. The number of non-ortho nitro benzene ring substituents is 1. The molecule has 0 amide bonds. The summed E-state index contributed by atoms with van der Waals surface area (Å²) in [7, 11) is 0. The van der Waals surface area contributed by atoms with Gasteiger partial charge in [0.1, 0.15) is 0 Å². The van der Waals surface area contributed by atoms with E-state index in [0.29, 0.717) is 5.56 Å². The van der Waals surface area contributed by atoms with E-state index in [1.54, 1.807) is 18.2 Å². The lowest BCUT2D eigenvalue weighted by Crippen LogP contribution is -2.46. The van der Waals surface area contributed by atoms with Crippen molar-refractivity contribution in [2.75, 3.05) is 10.7 Å². The fraction of sp³-hybridized carbons (Fsp3) is 0.158. The molecule has 36 heavy (non-hydrogen) atoms. The minimum atomic E-state index is -5.82. The standard InChI is InChI=1S/C19H12F6IN7O3/c20-18(21,22)14(19(23,24)25)36-17-30-15(28-12-5-2-6-13(8-12)33(34)35)29-16(31-17)32-27-9-10-3-1-4-11(26)7-10/h1-9,14H,(H2,28,29,30,31,32)/b27-9+. The van der Waals surface area contributed by atoms with E-state index in [2.05, 4.69) is 58.1 Å². The van der Waals surface area contributed by atoms with Crippen molar-refractivity contribution in [2.24, 2.45) is 5.10 Å². The number of benzene rings is 2. The largest absolute Gasteiger partial charge is 0.440 e. The predicted octanol–water partition coefficient (Wildman–Crippen LogP) is 5.45. The van der Waals surface area contributed by atoms with Gasteiger partial charge in [-0.1, -0.05) is 18.2 Å². The quantitative estimate of drug-likeness (QED) is 0.111. The molecule has 3 rings (SSSR count). The molecule has 1 aromatic heterocycles. The number of halogens is 7. The Labute approximate surface area is 211 Å². The monoisotopic (exact) mass is 627 g/mol. The van der Waals surface area contributed by atoms with Gasteiger partial charge >= 0.3 is 18.4 Å². The minimum absolute atomic E-state index is 0.0119. The Balaban J connectivity index is 1.94. The number of ether oxygens (including phenoxy) is 1. The maximum atomic E-state index is 13.0. The van der Waals surface area contributed by atoms with E-state index in [-0.39, 0.29) is 11.4 Å². The van der Waals surface area contributed by atoms with E-state index in [9.17, 15) is 36.5 Å². The first-order valence-corrected chi connectivity index (χ1v) is 10.5. The van der Waals surface area contributed by atoms with Gasteiger partial charge in [0.15, 0.2) is 0 Å². The van der Waals surface area contributed by atoms with Gasteiger partial charge in [-0.15, -0.1) is 0 Å². The van der Waals surface area contributed by atoms with E-state index in [1.807, 2.05) is 6.07 Å². The third kappa shape index (κ3) is 7.62. The molecule has 0 fully saturated rings. The predicted molar refractivity (Wildman–Crippen MR) is 123 cm³/mol. The van der Waals surface area contributed by atoms with Crippen LogP contribution in [0.15, 0.2) is 53.6 Å². The summed E-state index contributed by atoms with van der Waals surface area (Å²) < 4.78 is 82.7. The molecule has 190 valence electrons. The van der Waals surface area contributed by atoms with Gasteiger partial charge in [0.05, 0.1) is 11.1 Å². The third-order valence-electron chi connectivity index (χ3n) is 3.97. The number of rotatable bonds is 8. The van der Waals surface area contributed by atoms with E-state index in [1.165, 1.54) is 18.3 Å². The number of anilines is 3. The number of nitrogens with zero attached hydrogens (tertiary/aromatic N) is 5. The van der Waals surface area contributed by atoms with Crippen LogP contribution in [0.25, 0.3) is 0 Å². The van der Waals surface area contributed by atoms with Crippen molar-refractivity contribution >= 4 is 52.1 Å². The van der Waals surface area contributed by atoms with Crippen molar-refractivity contribution in [3.63, 3.8) is 0 Å². The van der Waals surface area contributed by atoms with Gasteiger partial charge in [-0.05, 0) is 46.4 Å². The number of aromatic nitrogens is 3. The van der Waals surface area contributed by atoms with Crippen LogP contribution in [0.2, 0.25) is 0 Å². The zero-order valence-electron chi connectivity index (χ0n) is 17.4. The van der Waals surface area contributed by atoms with Crippen LogP contribution in [-0.2, 0) is 0 Å². The highest BCUT2D eigenvalue weighted by Crippen LogP contribution is 2.36. The van der Waals surface area contributed by atoms with Crippen LogP contribution in [0.5, 0.6) is 6.01 Å². The van der Waals surface area contributed by atoms with E-state index in [4.69, 9.17) is 0 Å². The molecule has 0 aliphatic rings.